The molecule has 2 aliphatic heterocycles. The predicted octanol–water partition coefficient (Wildman–Crippen LogP) is 2.40. The summed E-state index contributed by atoms with van der Waals surface area (Å²) in [5.74, 6) is 0.373. The normalized spacial score (nSPS) is 19.2. The lowest BCUT2D eigenvalue weighted by atomic mass is 9.99. The zero-order valence-electron chi connectivity index (χ0n) is 19.6. The monoisotopic (exact) mass is 450 g/mol. The smallest absolute Gasteiger partial charge is 0.252 e. The number of likely N-dealkylation sites (N-methyl/N-ethyl adjacent to an activating group) is 1. The van der Waals surface area contributed by atoms with Gasteiger partial charge in [-0.15, -0.1) is 0 Å². The van der Waals surface area contributed by atoms with Crippen molar-refractivity contribution in [3.8, 4) is 5.75 Å². The molecule has 2 heterocycles. The van der Waals surface area contributed by atoms with E-state index in [4.69, 9.17) is 4.74 Å². The van der Waals surface area contributed by atoms with Crippen LogP contribution in [0.25, 0.3) is 0 Å². The molecular weight excluding hydrogens is 416 g/mol. The molecular formula is C26H34N4O3. The Morgan fingerprint density at radius 2 is 1.55 bits per heavy atom. The van der Waals surface area contributed by atoms with Crippen molar-refractivity contribution in [2.45, 2.75) is 24.9 Å². The highest BCUT2D eigenvalue weighted by atomic mass is 16.5. The van der Waals surface area contributed by atoms with E-state index in [1.54, 1.807) is 31.4 Å². The highest BCUT2D eigenvalue weighted by Crippen LogP contribution is 2.23. The molecule has 7 nitrogen and oxygen atoms in total. The number of methoxy groups -OCH3 is 1. The second-order valence-corrected chi connectivity index (χ2v) is 8.94. The van der Waals surface area contributed by atoms with Crippen molar-refractivity contribution >= 4 is 11.8 Å². The van der Waals surface area contributed by atoms with E-state index in [0.717, 1.165) is 57.7 Å². The van der Waals surface area contributed by atoms with E-state index in [9.17, 15) is 9.59 Å². The van der Waals surface area contributed by atoms with E-state index >= 15 is 0 Å². The first kappa shape index (κ1) is 23.3. The second kappa shape index (κ2) is 10.8. The van der Waals surface area contributed by atoms with Gasteiger partial charge >= 0.3 is 0 Å². The molecule has 0 radical (unpaired) electrons. The van der Waals surface area contributed by atoms with Crippen molar-refractivity contribution in [2.75, 3.05) is 53.4 Å². The summed E-state index contributed by atoms with van der Waals surface area (Å²) in [5, 5.41) is 2.98. The summed E-state index contributed by atoms with van der Waals surface area (Å²) in [7, 11) is 3.76. The molecule has 0 saturated carbocycles. The first-order valence-corrected chi connectivity index (χ1v) is 11.8. The maximum Gasteiger partial charge on any atom is 0.252 e. The number of hydrogen-bond acceptors (Lipinski definition) is 5. The van der Waals surface area contributed by atoms with Crippen LogP contribution in [0.1, 0.15) is 34.8 Å². The molecule has 2 aliphatic rings. The fourth-order valence-electron chi connectivity index (χ4n) is 4.71. The highest BCUT2D eigenvalue weighted by molar-refractivity contribution is 5.98. The number of amides is 2. The third-order valence-electron chi connectivity index (χ3n) is 6.84. The summed E-state index contributed by atoms with van der Waals surface area (Å²) >= 11 is 0. The molecule has 1 N–H and O–H groups in total. The number of hydrogen-bond donors (Lipinski definition) is 1. The van der Waals surface area contributed by atoms with Crippen LogP contribution < -0.4 is 10.1 Å². The Kier molecular flexibility index (Phi) is 7.62. The number of likely N-dealkylation sites (tertiary alicyclic amines) is 1. The first-order valence-electron chi connectivity index (χ1n) is 11.8. The largest absolute Gasteiger partial charge is 0.497 e. The van der Waals surface area contributed by atoms with Crippen LogP contribution >= 0.6 is 0 Å². The van der Waals surface area contributed by atoms with Crippen LogP contribution in [0.3, 0.4) is 0 Å². The number of nitrogens with zero attached hydrogens (tertiary/aromatic N) is 3. The van der Waals surface area contributed by atoms with Gasteiger partial charge in [0.05, 0.1) is 7.11 Å². The lowest BCUT2D eigenvalue weighted by Crippen LogP contribution is -2.54. The molecule has 2 aromatic carbocycles. The van der Waals surface area contributed by atoms with Crippen molar-refractivity contribution in [3.63, 3.8) is 0 Å². The van der Waals surface area contributed by atoms with E-state index in [-0.39, 0.29) is 11.8 Å². The molecule has 0 bridgehead atoms. The Hall–Kier alpha value is -2.90. The van der Waals surface area contributed by atoms with Crippen LogP contribution in [-0.2, 0) is 4.79 Å². The van der Waals surface area contributed by atoms with Gasteiger partial charge in [-0.3, -0.25) is 14.5 Å². The number of carbonyl (C=O) groups is 2. The van der Waals surface area contributed by atoms with Gasteiger partial charge in [0, 0.05) is 50.9 Å². The molecule has 0 unspecified atom stereocenters. The molecule has 0 spiro atoms. The lowest BCUT2D eigenvalue weighted by Gasteiger charge is -2.42. The van der Waals surface area contributed by atoms with Crippen LogP contribution in [-0.4, -0.2) is 86.0 Å². The summed E-state index contributed by atoms with van der Waals surface area (Å²) in [6.45, 7) is 5.84. The fourth-order valence-corrected chi connectivity index (χ4v) is 4.71. The standard InChI is InChI=1S/C26H34N4O3/c1-28-16-18-29(19-17-28)22-12-14-30(15-13-22)26(32)24(20-6-4-3-5-7-20)27-25(31)21-8-10-23(33-2)11-9-21/h3-11,22,24H,12-19H2,1-2H3,(H,27,31)/t24-/m1/s1. The van der Waals surface area contributed by atoms with E-state index in [0.29, 0.717) is 17.4 Å². The van der Waals surface area contributed by atoms with Gasteiger partial charge in [-0.05, 0) is 49.7 Å². The minimum absolute atomic E-state index is 0.0418. The molecule has 176 valence electrons. The molecule has 7 heteroatoms. The van der Waals surface area contributed by atoms with Gasteiger partial charge < -0.3 is 19.9 Å². The SMILES string of the molecule is COc1ccc(C(=O)N[C@@H](C(=O)N2CCC(N3CCN(C)CC3)CC2)c2ccccc2)cc1. The Balaban J connectivity index is 1.42. The zero-order chi connectivity index (χ0) is 23.2. The Labute approximate surface area is 196 Å². The molecule has 4 rings (SSSR count). The first-order chi connectivity index (χ1) is 16.0. The van der Waals surface area contributed by atoms with Gasteiger partial charge in [-0.2, -0.15) is 0 Å². The summed E-state index contributed by atoms with van der Waals surface area (Å²) in [6, 6.07) is 16.2. The second-order valence-electron chi connectivity index (χ2n) is 8.94. The maximum atomic E-state index is 13.6. The van der Waals surface area contributed by atoms with Gasteiger partial charge in [0.2, 0.25) is 5.91 Å². The topological polar surface area (TPSA) is 65.1 Å². The van der Waals surface area contributed by atoms with Crippen molar-refractivity contribution in [1.82, 2.24) is 20.0 Å². The van der Waals surface area contributed by atoms with Crippen molar-refractivity contribution in [3.05, 3.63) is 65.7 Å². The van der Waals surface area contributed by atoms with E-state index in [1.165, 1.54) is 0 Å². The Morgan fingerprint density at radius 3 is 2.15 bits per heavy atom. The van der Waals surface area contributed by atoms with Crippen LogP contribution in [0, 0.1) is 0 Å². The molecule has 33 heavy (non-hydrogen) atoms. The van der Waals surface area contributed by atoms with Crippen LogP contribution in [0.15, 0.2) is 54.6 Å². The molecule has 0 aliphatic carbocycles. The third-order valence-corrected chi connectivity index (χ3v) is 6.84. The van der Waals surface area contributed by atoms with Crippen LogP contribution in [0.2, 0.25) is 0 Å². The Morgan fingerprint density at radius 1 is 0.909 bits per heavy atom. The molecule has 0 aromatic heterocycles. The lowest BCUT2D eigenvalue weighted by molar-refractivity contribution is -0.135. The molecule has 2 amide bonds. The summed E-state index contributed by atoms with van der Waals surface area (Å²) in [5.41, 5.74) is 1.30. The summed E-state index contributed by atoms with van der Waals surface area (Å²) in [4.78, 5) is 33.4. The zero-order valence-corrected chi connectivity index (χ0v) is 19.6. The number of carbonyl (C=O) groups excluding carboxylic acids is 2. The average Bonchev–Trinajstić information content (AvgIpc) is 2.88. The highest BCUT2D eigenvalue weighted by Gasteiger charge is 2.32. The van der Waals surface area contributed by atoms with Gasteiger partial charge in [-0.25, -0.2) is 0 Å². The van der Waals surface area contributed by atoms with Crippen LogP contribution in [0.5, 0.6) is 5.75 Å². The molecule has 2 fully saturated rings. The average molecular weight is 451 g/mol. The molecule has 2 saturated heterocycles. The predicted molar refractivity (Wildman–Crippen MR) is 128 cm³/mol. The number of ether oxygens (including phenoxy) is 1. The number of piperazine rings is 1. The molecule has 1 atom stereocenters. The summed E-state index contributed by atoms with van der Waals surface area (Å²) < 4.78 is 5.18. The minimum atomic E-state index is -0.707. The Bertz CT molecular complexity index is 918. The van der Waals surface area contributed by atoms with Gasteiger partial charge in [-0.1, -0.05) is 30.3 Å². The van der Waals surface area contributed by atoms with Crippen LogP contribution in [0.4, 0.5) is 0 Å². The quantitative estimate of drug-likeness (QED) is 0.732. The van der Waals surface area contributed by atoms with Crippen molar-refractivity contribution in [2.24, 2.45) is 0 Å². The summed E-state index contributed by atoms with van der Waals surface area (Å²) in [6.07, 6.45) is 1.95. The maximum absolute atomic E-state index is 13.6. The molecule has 2 aromatic rings. The number of piperidine rings is 1. The van der Waals surface area contributed by atoms with Gasteiger partial charge in [0.25, 0.3) is 5.91 Å². The fraction of sp³-hybridized carbons (Fsp3) is 0.462. The third kappa shape index (κ3) is 5.72. The number of nitrogens with one attached hydrogen (secondary N) is 1. The van der Waals surface area contributed by atoms with E-state index < -0.39 is 6.04 Å². The van der Waals surface area contributed by atoms with E-state index in [2.05, 4.69) is 22.2 Å². The minimum Gasteiger partial charge on any atom is -0.497 e. The number of rotatable bonds is 6. The van der Waals surface area contributed by atoms with E-state index in [1.807, 2.05) is 35.2 Å². The van der Waals surface area contributed by atoms with Crippen molar-refractivity contribution < 1.29 is 14.3 Å². The van der Waals surface area contributed by atoms with Gasteiger partial charge in [0.15, 0.2) is 0 Å². The van der Waals surface area contributed by atoms with Gasteiger partial charge in [0.1, 0.15) is 11.8 Å². The van der Waals surface area contributed by atoms with Crippen molar-refractivity contribution in [1.29, 1.82) is 0 Å². The number of benzene rings is 2.